The van der Waals surface area contributed by atoms with Gasteiger partial charge in [-0.05, 0) is 37.4 Å². The largest absolute Gasteiger partial charge is 0.489 e. The first-order valence-electron chi connectivity index (χ1n) is 9.43. The maximum absolute atomic E-state index is 9.92. The van der Waals surface area contributed by atoms with Crippen LogP contribution in [0.1, 0.15) is 30.4 Å². The van der Waals surface area contributed by atoms with Crippen LogP contribution in [0.3, 0.4) is 0 Å². The second-order valence-corrected chi connectivity index (χ2v) is 7.35. The van der Waals surface area contributed by atoms with E-state index in [0.29, 0.717) is 6.61 Å². The highest BCUT2D eigenvalue weighted by molar-refractivity contribution is 5.33. The Bertz CT molecular complexity index is 700. The highest BCUT2D eigenvalue weighted by Crippen LogP contribution is 2.34. The Morgan fingerprint density at radius 2 is 1.88 bits per heavy atom. The van der Waals surface area contributed by atoms with Crippen LogP contribution in [0.25, 0.3) is 0 Å². The third kappa shape index (κ3) is 4.75. The predicted octanol–water partition coefficient (Wildman–Crippen LogP) is 4.42. The molecule has 1 atom stereocenters. The van der Waals surface area contributed by atoms with E-state index in [0.717, 1.165) is 44.6 Å². The van der Waals surface area contributed by atoms with Gasteiger partial charge in [0.15, 0.2) is 0 Å². The first-order valence-corrected chi connectivity index (χ1v) is 9.43. The molecule has 3 heteroatoms. The van der Waals surface area contributed by atoms with Gasteiger partial charge in [-0.25, -0.2) is 0 Å². The second-order valence-electron chi connectivity index (χ2n) is 7.35. The van der Waals surface area contributed by atoms with E-state index < -0.39 is 0 Å². The molecule has 1 fully saturated rings. The molecule has 0 radical (unpaired) electrons. The summed E-state index contributed by atoms with van der Waals surface area (Å²) < 4.78 is 6.10. The van der Waals surface area contributed by atoms with Crippen molar-refractivity contribution in [3.63, 3.8) is 0 Å². The summed E-state index contributed by atoms with van der Waals surface area (Å²) in [6, 6.07) is 18.5. The van der Waals surface area contributed by atoms with Crippen molar-refractivity contribution in [1.82, 2.24) is 4.90 Å². The first-order chi connectivity index (χ1) is 12.7. The van der Waals surface area contributed by atoms with Gasteiger partial charge < -0.3 is 9.84 Å². The number of piperidine rings is 1. The molecule has 0 spiro atoms. The van der Waals surface area contributed by atoms with E-state index >= 15 is 0 Å². The SMILES string of the molecule is C=CC[C@@]1(CO)CCCN(Cc2ccccc2OCc2ccccc2)C1. The molecule has 1 aliphatic rings. The van der Waals surface area contributed by atoms with Gasteiger partial charge in [0.05, 0.1) is 6.61 Å². The molecule has 0 amide bonds. The zero-order valence-corrected chi connectivity index (χ0v) is 15.4. The molecular formula is C23H29NO2. The van der Waals surface area contributed by atoms with E-state index in [4.69, 9.17) is 4.74 Å². The number of para-hydroxylation sites is 1. The molecule has 138 valence electrons. The standard InChI is InChI=1S/C23H29NO2/c1-2-13-23(19-25)14-8-15-24(18-23)16-21-11-6-7-12-22(21)26-17-20-9-4-3-5-10-20/h2-7,9-12,25H,1,8,13-19H2/t23-/m1/s1. The summed E-state index contributed by atoms with van der Waals surface area (Å²) >= 11 is 0. The molecule has 1 heterocycles. The number of likely N-dealkylation sites (tertiary alicyclic amines) is 1. The summed E-state index contributed by atoms with van der Waals surface area (Å²) in [7, 11) is 0. The van der Waals surface area contributed by atoms with Gasteiger partial charge in [-0.3, -0.25) is 4.90 Å². The van der Waals surface area contributed by atoms with Gasteiger partial charge in [-0.1, -0.05) is 54.6 Å². The summed E-state index contributed by atoms with van der Waals surface area (Å²) in [6.07, 6.45) is 4.99. The molecule has 26 heavy (non-hydrogen) atoms. The minimum Gasteiger partial charge on any atom is -0.489 e. The number of hydrogen-bond acceptors (Lipinski definition) is 3. The van der Waals surface area contributed by atoms with Crippen LogP contribution < -0.4 is 4.74 Å². The summed E-state index contributed by atoms with van der Waals surface area (Å²) in [5, 5.41) is 9.92. The number of benzene rings is 2. The lowest BCUT2D eigenvalue weighted by Gasteiger charge is -2.41. The third-order valence-electron chi connectivity index (χ3n) is 5.26. The topological polar surface area (TPSA) is 32.7 Å². The van der Waals surface area contributed by atoms with Crippen LogP contribution in [0.2, 0.25) is 0 Å². The van der Waals surface area contributed by atoms with Gasteiger partial charge in [-0.15, -0.1) is 6.58 Å². The number of hydrogen-bond donors (Lipinski definition) is 1. The van der Waals surface area contributed by atoms with Gasteiger partial charge in [0.25, 0.3) is 0 Å². The van der Waals surface area contributed by atoms with E-state index in [9.17, 15) is 5.11 Å². The molecule has 0 bridgehead atoms. The van der Waals surface area contributed by atoms with E-state index in [1.54, 1.807) is 0 Å². The van der Waals surface area contributed by atoms with Crippen LogP contribution in [0, 0.1) is 5.41 Å². The smallest absolute Gasteiger partial charge is 0.124 e. The van der Waals surface area contributed by atoms with Crippen molar-refractivity contribution in [3.8, 4) is 5.75 Å². The zero-order valence-electron chi connectivity index (χ0n) is 15.4. The molecule has 1 N–H and O–H groups in total. The normalized spacial score (nSPS) is 20.7. The van der Waals surface area contributed by atoms with Gasteiger partial charge in [0, 0.05) is 24.1 Å². The maximum atomic E-state index is 9.92. The lowest BCUT2D eigenvalue weighted by Crippen LogP contribution is -2.44. The molecule has 0 unspecified atom stereocenters. The fraction of sp³-hybridized carbons (Fsp3) is 0.391. The van der Waals surface area contributed by atoms with Gasteiger partial charge in [-0.2, -0.15) is 0 Å². The van der Waals surface area contributed by atoms with Crippen molar-refractivity contribution >= 4 is 0 Å². The minimum atomic E-state index is -0.0418. The number of aliphatic hydroxyl groups excluding tert-OH is 1. The second kappa shape index (κ2) is 9.02. The molecule has 0 saturated carbocycles. The quantitative estimate of drug-likeness (QED) is 0.715. The van der Waals surface area contributed by atoms with Gasteiger partial charge in [0.1, 0.15) is 12.4 Å². The highest BCUT2D eigenvalue weighted by atomic mass is 16.5. The molecule has 2 aromatic carbocycles. The van der Waals surface area contributed by atoms with Crippen LogP contribution in [-0.4, -0.2) is 29.7 Å². The fourth-order valence-electron chi connectivity index (χ4n) is 3.86. The van der Waals surface area contributed by atoms with Crippen LogP contribution >= 0.6 is 0 Å². The third-order valence-corrected chi connectivity index (χ3v) is 5.26. The molecule has 1 aliphatic heterocycles. The number of rotatable bonds is 8. The Balaban J connectivity index is 1.67. The van der Waals surface area contributed by atoms with Crippen LogP contribution in [0.4, 0.5) is 0 Å². The van der Waals surface area contributed by atoms with Crippen molar-refractivity contribution in [2.75, 3.05) is 19.7 Å². The van der Waals surface area contributed by atoms with Crippen LogP contribution in [0.15, 0.2) is 67.3 Å². The van der Waals surface area contributed by atoms with Crippen molar-refractivity contribution in [2.24, 2.45) is 5.41 Å². The van der Waals surface area contributed by atoms with Gasteiger partial charge >= 0.3 is 0 Å². The number of aliphatic hydroxyl groups is 1. The van der Waals surface area contributed by atoms with Crippen molar-refractivity contribution in [1.29, 1.82) is 0 Å². The lowest BCUT2D eigenvalue weighted by atomic mass is 9.77. The predicted molar refractivity (Wildman–Crippen MR) is 106 cm³/mol. The van der Waals surface area contributed by atoms with Gasteiger partial charge in [0.2, 0.25) is 0 Å². The molecule has 0 aliphatic carbocycles. The van der Waals surface area contributed by atoms with E-state index in [1.165, 1.54) is 11.1 Å². The number of allylic oxidation sites excluding steroid dienone is 1. The Morgan fingerprint density at radius 1 is 1.12 bits per heavy atom. The zero-order chi connectivity index (χ0) is 18.2. The lowest BCUT2D eigenvalue weighted by molar-refractivity contribution is 0.0305. The summed E-state index contributed by atoms with van der Waals surface area (Å²) in [5.41, 5.74) is 2.33. The Hall–Kier alpha value is -2.10. The maximum Gasteiger partial charge on any atom is 0.124 e. The Morgan fingerprint density at radius 3 is 2.65 bits per heavy atom. The Kier molecular flexibility index (Phi) is 6.48. The fourth-order valence-corrected chi connectivity index (χ4v) is 3.86. The summed E-state index contributed by atoms with van der Waals surface area (Å²) in [5.74, 6) is 0.945. The molecular weight excluding hydrogens is 322 g/mol. The highest BCUT2D eigenvalue weighted by Gasteiger charge is 2.33. The summed E-state index contributed by atoms with van der Waals surface area (Å²) in [6.45, 7) is 7.49. The van der Waals surface area contributed by atoms with E-state index in [-0.39, 0.29) is 12.0 Å². The van der Waals surface area contributed by atoms with Crippen LogP contribution in [0.5, 0.6) is 5.75 Å². The molecule has 0 aromatic heterocycles. The first kappa shape index (κ1) is 18.7. The molecule has 3 rings (SSSR count). The summed E-state index contributed by atoms with van der Waals surface area (Å²) in [4.78, 5) is 2.44. The van der Waals surface area contributed by atoms with Crippen molar-refractivity contribution in [2.45, 2.75) is 32.4 Å². The van der Waals surface area contributed by atoms with Crippen molar-refractivity contribution < 1.29 is 9.84 Å². The Labute approximate surface area is 156 Å². The molecule has 2 aromatic rings. The van der Waals surface area contributed by atoms with E-state index in [2.05, 4.69) is 35.7 Å². The molecule has 1 saturated heterocycles. The van der Waals surface area contributed by atoms with Crippen molar-refractivity contribution in [3.05, 3.63) is 78.4 Å². The number of ether oxygens (including phenoxy) is 1. The number of nitrogens with zero attached hydrogens (tertiary/aromatic N) is 1. The van der Waals surface area contributed by atoms with E-state index in [1.807, 2.05) is 36.4 Å². The average molecular weight is 351 g/mol. The molecule has 3 nitrogen and oxygen atoms in total. The van der Waals surface area contributed by atoms with Crippen LogP contribution in [-0.2, 0) is 13.2 Å². The minimum absolute atomic E-state index is 0.0418. The average Bonchev–Trinajstić information content (AvgIpc) is 2.69. The monoisotopic (exact) mass is 351 g/mol.